The molecule has 0 radical (unpaired) electrons. The second kappa shape index (κ2) is 10.2. The van der Waals surface area contributed by atoms with E-state index in [-0.39, 0.29) is 0 Å². The third kappa shape index (κ3) is 3.85. The molecule has 7 aromatic carbocycles. The lowest BCUT2D eigenvalue weighted by Crippen LogP contribution is -1.96. The average molecular weight is 625 g/mol. The second-order valence-corrected chi connectivity index (χ2v) is 12.4. The van der Waals surface area contributed by atoms with E-state index >= 15 is 0 Å². The number of nitriles is 2. The molecule has 5 nitrogen and oxygen atoms in total. The van der Waals surface area contributed by atoms with Crippen LogP contribution in [0.3, 0.4) is 0 Å². The van der Waals surface area contributed by atoms with Crippen LogP contribution in [0.4, 0.5) is 0 Å². The lowest BCUT2D eigenvalue weighted by molar-refractivity contribution is 0.669. The van der Waals surface area contributed by atoms with Crippen LogP contribution in [0.1, 0.15) is 11.1 Å². The Morgan fingerprint density at radius 1 is 0.449 bits per heavy atom. The molecule has 0 N–H and O–H groups in total. The van der Waals surface area contributed by atoms with E-state index in [1.165, 1.54) is 21.5 Å². The standard InChI is InChI=1S/C44H24N4O/c45-25-27-21-28(26-46)23-30(22-27)29-17-20-40-35(24-29)42-38(15-8-16-41(42)49-40)48-36-13-6-4-11-32(36)33-18-19-39-43(44(33)48)34-12-5-7-14-37(34)47(39)31-9-2-1-3-10-31/h1-24H. The molecule has 0 saturated heterocycles. The van der Waals surface area contributed by atoms with Gasteiger partial charge < -0.3 is 13.6 Å². The van der Waals surface area contributed by atoms with E-state index in [0.29, 0.717) is 11.1 Å². The van der Waals surface area contributed by atoms with Gasteiger partial charge in [0.2, 0.25) is 0 Å². The van der Waals surface area contributed by atoms with Gasteiger partial charge in [-0.05, 0) is 83.9 Å². The Morgan fingerprint density at radius 2 is 1.16 bits per heavy atom. The summed E-state index contributed by atoms with van der Waals surface area (Å²) in [7, 11) is 0. The summed E-state index contributed by atoms with van der Waals surface area (Å²) < 4.78 is 11.3. The van der Waals surface area contributed by atoms with Crippen molar-refractivity contribution >= 4 is 65.6 Å². The Kier molecular flexibility index (Phi) is 5.64. The topological polar surface area (TPSA) is 70.6 Å². The Morgan fingerprint density at radius 3 is 1.94 bits per heavy atom. The molecule has 0 aliphatic rings. The van der Waals surface area contributed by atoms with Crippen LogP contribution in [-0.2, 0) is 0 Å². The highest BCUT2D eigenvalue weighted by Crippen LogP contribution is 2.44. The molecule has 0 unspecified atom stereocenters. The largest absolute Gasteiger partial charge is 0.456 e. The number of hydrogen-bond acceptors (Lipinski definition) is 3. The monoisotopic (exact) mass is 624 g/mol. The molecule has 0 fully saturated rings. The third-order valence-electron chi connectivity index (χ3n) is 9.72. The van der Waals surface area contributed by atoms with E-state index in [1.807, 2.05) is 30.3 Å². The van der Waals surface area contributed by atoms with Crippen LogP contribution < -0.4 is 0 Å². The molecular weight excluding hydrogens is 601 g/mol. The zero-order valence-electron chi connectivity index (χ0n) is 26.1. The Labute approximate surface area is 280 Å². The molecule has 0 aliphatic heterocycles. The Bertz CT molecular complexity index is 3040. The first kappa shape index (κ1) is 27.1. The predicted molar refractivity (Wildman–Crippen MR) is 197 cm³/mol. The van der Waals surface area contributed by atoms with Crippen LogP contribution in [0.25, 0.3) is 88.1 Å². The number of nitrogens with zero attached hydrogens (tertiary/aromatic N) is 4. The van der Waals surface area contributed by atoms with Gasteiger partial charge in [-0.1, -0.05) is 72.8 Å². The molecule has 10 rings (SSSR count). The average Bonchev–Trinajstić information content (AvgIpc) is 3.82. The van der Waals surface area contributed by atoms with Crippen molar-refractivity contribution in [1.29, 1.82) is 10.5 Å². The van der Waals surface area contributed by atoms with E-state index in [0.717, 1.165) is 66.5 Å². The first-order chi connectivity index (χ1) is 24.2. The van der Waals surface area contributed by atoms with Gasteiger partial charge in [-0.2, -0.15) is 10.5 Å². The smallest absolute Gasteiger partial charge is 0.137 e. The summed E-state index contributed by atoms with van der Waals surface area (Å²) in [6.45, 7) is 0. The first-order valence-corrected chi connectivity index (χ1v) is 16.1. The number of para-hydroxylation sites is 3. The van der Waals surface area contributed by atoms with Crippen molar-refractivity contribution in [1.82, 2.24) is 9.13 Å². The quantitative estimate of drug-likeness (QED) is 0.196. The van der Waals surface area contributed by atoms with Gasteiger partial charge in [0, 0.05) is 32.6 Å². The van der Waals surface area contributed by atoms with Crippen LogP contribution in [0.15, 0.2) is 150 Å². The number of furan rings is 1. The molecule has 0 bridgehead atoms. The lowest BCUT2D eigenvalue weighted by Gasteiger charge is -2.11. The minimum Gasteiger partial charge on any atom is -0.456 e. The van der Waals surface area contributed by atoms with Gasteiger partial charge >= 0.3 is 0 Å². The molecule has 226 valence electrons. The van der Waals surface area contributed by atoms with Crippen molar-refractivity contribution in [2.75, 3.05) is 0 Å². The van der Waals surface area contributed by atoms with Crippen molar-refractivity contribution in [2.45, 2.75) is 0 Å². The van der Waals surface area contributed by atoms with Gasteiger partial charge in [-0.3, -0.25) is 0 Å². The molecule has 49 heavy (non-hydrogen) atoms. The molecule has 10 aromatic rings. The van der Waals surface area contributed by atoms with Gasteiger partial charge in [0.25, 0.3) is 0 Å². The summed E-state index contributed by atoms with van der Waals surface area (Å²) in [5.74, 6) is 0. The number of rotatable bonds is 3. The summed E-state index contributed by atoms with van der Waals surface area (Å²) in [5.41, 5.74) is 10.9. The van der Waals surface area contributed by atoms with Crippen LogP contribution in [0.5, 0.6) is 0 Å². The normalized spacial score (nSPS) is 11.6. The van der Waals surface area contributed by atoms with Crippen molar-refractivity contribution in [3.05, 3.63) is 157 Å². The molecule has 0 aliphatic carbocycles. The maximum absolute atomic E-state index is 9.65. The minimum absolute atomic E-state index is 0.454. The van der Waals surface area contributed by atoms with E-state index in [4.69, 9.17) is 4.42 Å². The number of benzene rings is 7. The number of fused-ring (bicyclic) bond motifs is 10. The summed E-state index contributed by atoms with van der Waals surface area (Å²) in [6, 6.07) is 54.3. The highest BCUT2D eigenvalue weighted by Gasteiger charge is 2.23. The fraction of sp³-hybridized carbons (Fsp3) is 0. The number of aromatic nitrogens is 2. The molecule has 0 atom stereocenters. The fourth-order valence-electron chi connectivity index (χ4n) is 7.71. The van der Waals surface area contributed by atoms with Crippen LogP contribution in [0.2, 0.25) is 0 Å². The highest BCUT2D eigenvalue weighted by atomic mass is 16.3. The summed E-state index contributed by atoms with van der Waals surface area (Å²) in [4.78, 5) is 0. The zero-order chi connectivity index (χ0) is 32.6. The van der Waals surface area contributed by atoms with Gasteiger partial charge in [-0.15, -0.1) is 0 Å². The molecule has 3 aromatic heterocycles. The summed E-state index contributed by atoms with van der Waals surface area (Å²) in [5, 5.41) is 26.0. The summed E-state index contributed by atoms with van der Waals surface area (Å²) >= 11 is 0. The predicted octanol–water partition coefficient (Wildman–Crippen LogP) is 11.2. The third-order valence-corrected chi connectivity index (χ3v) is 9.72. The molecule has 3 heterocycles. The maximum atomic E-state index is 9.65. The van der Waals surface area contributed by atoms with E-state index in [1.54, 1.807) is 6.07 Å². The van der Waals surface area contributed by atoms with Crippen molar-refractivity contribution < 1.29 is 4.42 Å². The van der Waals surface area contributed by atoms with Gasteiger partial charge in [0.15, 0.2) is 0 Å². The van der Waals surface area contributed by atoms with Crippen LogP contribution in [-0.4, -0.2) is 9.13 Å². The van der Waals surface area contributed by atoms with Gasteiger partial charge in [-0.25, -0.2) is 0 Å². The maximum Gasteiger partial charge on any atom is 0.137 e. The lowest BCUT2D eigenvalue weighted by atomic mass is 9.98. The van der Waals surface area contributed by atoms with Crippen molar-refractivity contribution in [3.8, 4) is 34.6 Å². The Hall–Kier alpha value is -7.08. The van der Waals surface area contributed by atoms with E-state index < -0.39 is 0 Å². The summed E-state index contributed by atoms with van der Waals surface area (Å²) in [6.07, 6.45) is 0. The van der Waals surface area contributed by atoms with Gasteiger partial charge in [0.1, 0.15) is 11.2 Å². The number of hydrogen-bond donors (Lipinski definition) is 0. The van der Waals surface area contributed by atoms with Crippen molar-refractivity contribution in [3.63, 3.8) is 0 Å². The molecule has 0 amide bonds. The highest BCUT2D eigenvalue weighted by molar-refractivity contribution is 6.27. The second-order valence-electron chi connectivity index (χ2n) is 12.4. The van der Waals surface area contributed by atoms with Crippen LogP contribution in [0, 0.1) is 22.7 Å². The fourth-order valence-corrected chi connectivity index (χ4v) is 7.71. The zero-order valence-corrected chi connectivity index (χ0v) is 26.1. The van der Waals surface area contributed by atoms with Gasteiger partial charge in [0.05, 0.1) is 56.4 Å². The molecular formula is C44H24N4O. The molecule has 0 spiro atoms. The SMILES string of the molecule is N#Cc1cc(C#N)cc(-c2ccc3oc4cccc(-n5c6ccccc6c6ccc7c(c8ccccc8n7-c7ccccc7)c65)c4c3c2)c1. The minimum atomic E-state index is 0.454. The first-order valence-electron chi connectivity index (χ1n) is 16.1. The van der Waals surface area contributed by atoms with Crippen LogP contribution >= 0.6 is 0 Å². The molecule has 0 saturated carbocycles. The Balaban J connectivity index is 1.35. The van der Waals surface area contributed by atoms with E-state index in [2.05, 4.69) is 130 Å². The van der Waals surface area contributed by atoms with Crippen molar-refractivity contribution in [2.24, 2.45) is 0 Å². The molecule has 5 heteroatoms. The van der Waals surface area contributed by atoms with E-state index in [9.17, 15) is 10.5 Å².